The molecule has 0 saturated heterocycles. The van der Waals surface area contributed by atoms with Gasteiger partial charge in [-0.25, -0.2) is 0 Å². The van der Waals surface area contributed by atoms with Crippen molar-refractivity contribution < 1.29 is 9.84 Å². The smallest absolute Gasteiger partial charge is 0.142 e. The lowest BCUT2D eigenvalue weighted by Gasteiger charge is -2.13. The summed E-state index contributed by atoms with van der Waals surface area (Å²) in [6, 6.07) is 1.79. The first-order valence-corrected chi connectivity index (χ1v) is 5.06. The van der Waals surface area contributed by atoms with Crippen LogP contribution < -0.4 is 4.74 Å². The summed E-state index contributed by atoms with van der Waals surface area (Å²) < 4.78 is 5.13. The van der Waals surface area contributed by atoms with Gasteiger partial charge in [-0.3, -0.25) is 4.98 Å². The number of aliphatic hydroxyl groups is 1. The van der Waals surface area contributed by atoms with Gasteiger partial charge in [-0.15, -0.1) is 6.58 Å². The van der Waals surface area contributed by atoms with Crippen LogP contribution in [0.15, 0.2) is 31.1 Å². The molecule has 0 fully saturated rings. The van der Waals surface area contributed by atoms with Crippen LogP contribution in [0.2, 0.25) is 0 Å². The maximum Gasteiger partial charge on any atom is 0.142 e. The maximum absolute atomic E-state index is 9.92. The Morgan fingerprint density at radius 3 is 3.13 bits per heavy atom. The number of nitrogens with zero attached hydrogens (tertiary/aromatic N) is 1. The van der Waals surface area contributed by atoms with E-state index < -0.39 is 6.10 Å². The average molecular weight is 207 g/mol. The van der Waals surface area contributed by atoms with Crippen molar-refractivity contribution in [2.24, 2.45) is 0 Å². The van der Waals surface area contributed by atoms with Crippen LogP contribution in [0, 0.1) is 0 Å². The second-order valence-electron chi connectivity index (χ2n) is 3.35. The summed E-state index contributed by atoms with van der Waals surface area (Å²) >= 11 is 0. The van der Waals surface area contributed by atoms with Gasteiger partial charge in [0, 0.05) is 11.8 Å². The fourth-order valence-corrected chi connectivity index (χ4v) is 1.45. The molecular formula is C12H17NO2. The quantitative estimate of drug-likeness (QED) is 0.575. The van der Waals surface area contributed by atoms with Crippen LogP contribution >= 0.6 is 0 Å². The second kappa shape index (κ2) is 6.19. The molecule has 1 unspecified atom stereocenters. The predicted octanol–water partition coefficient (Wildman–Crippen LogP) is 2.48. The van der Waals surface area contributed by atoms with Crippen LogP contribution in [0.5, 0.6) is 5.75 Å². The van der Waals surface area contributed by atoms with Crippen LogP contribution in [0.1, 0.15) is 30.9 Å². The molecule has 3 nitrogen and oxygen atoms in total. The number of aliphatic hydroxyl groups excluding tert-OH is 1. The largest absolute Gasteiger partial charge is 0.495 e. The maximum atomic E-state index is 9.92. The minimum atomic E-state index is -0.483. The number of unbranched alkanes of at least 4 members (excludes halogenated alkanes) is 1. The number of pyridine rings is 1. The van der Waals surface area contributed by atoms with Crippen molar-refractivity contribution in [2.45, 2.75) is 25.4 Å². The zero-order valence-corrected chi connectivity index (χ0v) is 9.02. The highest BCUT2D eigenvalue weighted by molar-refractivity contribution is 5.31. The van der Waals surface area contributed by atoms with Crippen LogP contribution in [-0.4, -0.2) is 17.2 Å². The normalized spacial score (nSPS) is 12.1. The van der Waals surface area contributed by atoms with Crippen molar-refractivity contribution in [1.82, 2.24) is 4.98 Å². The first-order valence-electron chi connectivity index (χ1n) is 5.06. The number of aromatic nitrogens is 1. The number of ether oxygens (including phenoxy) is 1. The Hall–Kier alpha value is -1.35. The summed E-state index contributed by atoms with van der Waals surface area (Å²) in [5, 5.41) is 9.92. The lowest BCUT2D eigenvalue weighted by molar-refractivity contribution is 0.160. The summed E-state index contributed by atoms with van der Waals surface area (Å²) in [6.07, 6.45) is 7.22. The van der Waals surface area contributed by atoms with E-state index in [4.69, 9.17) is 4.74 Å². The molecule has 0 saturated carbocycles. The lowest BCUT2D eigenvalue weighted by Crippen LogP contribution is -2.00. The van der Waals surface area contributed by atoms with E-state index >= 15 is 0 Å². The Bertz CT molecular complexity index is 312. The fraction of sp³-hybridized carbons (Fsp3) is 0.417. The Morgan fingerprint density at radius 1 is 1.67 bits per heavy atom. The van der Waals surface area contributed by atoms with E-state index in [0.717, 1.165) is 18.4 Å². The van der Waals surface area contributed by atoms with Gasteiger partial charge in [-0.1, -0.05) is 6.08 Å². The molecule has 1 aromatic rings. The van der Waals surface area contributed by atoms with Gasteiger partial charge in [0.1, 0.15) is 5.75 Å². The van der Waals surface area contributed by atoms with Crippen LogP contribution in [0.25, 0.3) is 0 Å². The van der Waals surface area contributed by atoms with Crippen molar-refractivity contribution in [3.63, 3.8) is 0 Å². The van der Waals surface area contributed by atoms with Gasteiger partial charge >= 0.3 is 0 Å². The Labute approximate surface area is 90.4 Å². The Kier molecular flexibility index (Phi) is 4.84. The zero-order chi connectivity index (χ0) is 11.1. The number of allylic oxidation sites excluding steroid dienone is 1. The molecule has 1 aromatic heterocycles. The summed E-state index contributed by atoms with van der Waals surface area (Å²) in [5.74, 6) is 0.642. The monoisotopic (exact) mass is 207 g/mol. The molecule has 15 heavy (non-hydrogen) atoms. The molecule has 1 atom stereocenters. The first kappa shape index (κ1) is 11.7. The molecule has 82 valence electrons. The summed E-state index contributed by atoms with van der Waals surface area (Å²) in [7, 11) is 1.58. The van der Waals surface area contributed by atoms with E-state index in [9.17, 15) is 5.11 Å². The molecule has 1 N–H and O–H groups in total. The minimum absolute atomic E-state index is 0.483. The highest BCUT2D eigenvalue weighted by Gasteiger charge is 2.11. The highest BCUT2D eigenvalue weighted by atomic mass is 16.5. The summed E-state index contributed by atoms with van der Waals surface area (Å²) in [4.78, 5) is 3.94. The minimum Gasteiger partial charge on any atom is -0.495 e. The van der Waals surface area contributed by atoms with Crippen LogP contribution in [0.3, 0.4) is 0 Å². The predicted molar refractivity (Wildman–Crippen MR) is 59.8 cm³/mol. The number of rotatable bonds is 6. The third-order valence-electron chi connectivity index (χ3n) is 2.28. The number of hydrogen-bond acceptors (Lipinski definition) is 3. The SMILES string of the molecule is C=CCCCC(O)c1ccncc1OC. The molecule has 0 radical (unpaired) electrons. The lowest BCUT2D eigenvalue weighted by atomic mass is 10.0. The van der Waals surface area contributed by atoms with Crippen LogP contribution in [0.4, 0.5) is 0 Å². The molecule has 3 heteroatoms. The van der Waals surface area contributed by atoms with Gasteiger partial charge in [-0.2, -0.15) is 0 Å². The van der Waals surface area contributed by atoms with E-state index in [1.165, 1.54) is 0 Å². The van der Waals surface area contributed by atoms with Gasteiger partial charge in [-0.05, 0) is 25.3 Å². The van der Waals surface area contributed by atoms with Crippen molar-refractivity contribution in [2.75, 3.05) is 7.11 Å². The standard InChI is InChI=1S/C12H17NO2/c1-3-4-5-6-11(14)10-7-8-13-9-12(10)15-2/h3,7-9,11,14H,1,4-6H2,2H3. The molecule has 0 aliphatic carbocycles. The van der Waals surface area contributed by atoms with E-state index in [0.29, 0.717) is 12.2 Å². The van der Waals surface area contributed by atoms with Gasteiger partial charge in [0.2, 0.25) is 0 Å². The van der Waals surface area contributed by atoms with E-state index in [-0.39, 0.29) is 0 Å². The van der Waals surface area contributed by atoms with E-state index in [2.05, 4.69) is 11.6 Å². The van der Waals surface area contributed by atoms with Crippen LogP contribution in [-0.2, 0) is 0 Å². The summed E-state index contributed by atoms with van der Waals surface area (Å²) in [6.45, 7) is 3.65. The third-order valence-corrected chi connectivity index (χ3v) is 2.28. The van der Waals surface area contributed by atoms with Crippen molar-refractivity contribution >= 4 is 0 Å². The molecule has 0 amide bonds. The molecule has 0 spiro atoms. The van der Waals surface area contributed by atoms with E-state index in [1.54, 1.807) is 25.6 Å². The zero-order valence-electron chi connectivity index (χ0n) is 9.02. The molecule has 1 rings (SSSR count). The van der Waals surface area contributed by atoms with E-state index in [1.807, 2.05) is 6.08 Å². The molecule has 1 heterocycles. The Morgan fingerprint density at radius 2 is 2.47 bits per heavy atom. The van der Waals surface area contributed by atoms with Gasteiger partial charge < -0.3 is 9.84 Å². The van der Waals surface area contributed by atoms with Crippen molar-refractivity contribution in [3.05, 3.63) is 36.7 Å². The highest BCUT2D eigenvalue weighted by Crippen LogP contribution is 2.26. The number of hydrogen-bond donors (Lipinski definition) is 1. The molecular weight excluding hydrogens is 190 g/mol. The van der Waals surface area contributed by atoms with Crippen molar-refractivity contribution in [3.8, 4) is 5.75 Å². The topological polar surface area (TPSA) is 42.4 Å². The first-order chi connectivity index (χ1) is 7.29. The fourth-order valence-electron chi connectivity index (χ4n) is 1.45. The van der Waals surface area contributed by atoms with Gasteiger partial charge in [0.15, 0.2) is 0 Å². The third kappa shape index (κ3) is 3.36. The molecule has 0 bridgehead atoms. The Balaban J connectivity index is 2.63. The molecule has 0 aromatic carbocycles. The van der Waals surface area contributed by atoms with Crippen molar-refractivity contribution in [1.29, 1.82) is 0 Å². The average Bonchev–Trinajstić information content (AvgIpc) is 2.29. The number of methoxy groups -OCH3 is 1. The van der Waals surface area contributed by atoms with Gasteiger partial charge in [0.05, 0.1) is 19.4 Å². The summed E-state index contributed by atoms with van der Waals surface area (Å²) in [5.41, 5.74) is 0.802. The molecule has 0 aliphatic rings. The second-order valence-corrected chi connectivity index (χ2v) is 3.35. The van der Waals surface area contributed by atoms with Gasteiger partial charge in [0.25, 0.3) is 0 Å². The molecule has 0 aliphatic heterocycles.